The van der Waals surface area contributed by atoms with Crippen molar-refractivity contribution >= 4 is 17.6 Å². The summed E-state index contributed by atoms with van der Waals surface area (Å²) in [6, 6.07) is 17.1. The molecule has 0 radical (unpaired) electrons. The van der Waals surface area contributed by atoms with Crippen LogP contribution < -0.4 is 10.8 Å². The van der Waals surface area contributed by atoms with Crippen LogP contribution >= 0.6 is 0 Å². The topological polar surface area (TPSA) is 95.5 Å². The molecule has 6 nitrogen and oxygen atoms in total. The lowest BCUT2D eigenvalue weighted by atomic mass is 9.74. The van der Waals surface area contributed by atoms with Crippen LogP contribution in [0.4, 0.5) is 0 Å². The second-order valence-corrected chi connectivity index (χ2v) is 6.87. The first-order valence-corrected chi connectivity index (χ1v) is 9.26. The van der Waals surface area contributed by atoms with Crippen LogP contribution in [0.15, 0.2) is 54.6 Å². The molecule has 2 unspecified atom stereocenters. The van der Waals surface area contributed by atoms with Crippen LogP contribution in [-0.4, -0.2) is 29.9 Å². The predicted octanol–water partition coefficient (Wildman–Crippen LogP) is 3.21. The molecule has 2 atom stereocenters. The lowest BCUT2D eigenvalue weighted by Crippen LogP contribution is -2.51. The standard InChI is InChI=1S/C22H26N2O4/c1-4-22(20(26)23-3,21(27)24-28)14-15(2)19(25)18-12-10-17(11-13-18)16-8-6-5-7-9-16/h5-13,15,28H,4,14H2,1-3H3,(H,23,26)(H,24,27). The third-order valence-electron chi connectivity index (χ3n) is 5.18. The normalized spacial score (nSPS) is 13.9. The molecule has 148 valence electrons. The summed E-state index contributed by atoms with van der Waals surface area (Å²) in [5, 5.41) is 11.5. The van der Waals surface area contributed by atoms with E-state index < -0.39 is 23.1 Å². The zero-order valence-electron chi connectivity index (χ0n) is 16.4. The Morgan fingerprint density at radius 2 is 1.54 bits per heavy atom. The first kappa shape index (κ1) is 21.3. The summed E-state index contributed by atoms with van der Waals surface area (Å²) < 4.78 is 0. The SMILES string of the molecule is CCC(CC(C)C(=O)c1ccc(-c2ccccc2)cc1)(C(=O)NC)C(=O)NO. The number of carbonyl (C=O) groups excluding carboxylic acids is 3. The summed E-state index contributed by atoms with van der Waals surface area (Å²) >= 11 is 0. The van der Waals surface area contributed by atoms with E-state index in [2.05, 4.69) is 5.32 Å². The Balaban J connectivity index is 2.23. The van der Waals surface area contributed by atoms with Crippen molar-refractivity contribution in [1.82, 2.24) is 10.8 Å². The maximum absolute atomic E-state index is 12.9. The zero-order chi connectivity index (χ0) is 20.7. The molecule has 6 heteroatoms. The summed E-state index contributed by atoms with van der Waals surface area (Å²) in [4.78, 5) is 37.5. The Morgan fingerprint density at radius 1 is 0.964 bits per heavy atom. The number of benzene rings is 2. The van der Waals surface area contributed by atoms with Gasteiger partial charge in [-0.2, -0.15) is 0 Å². The van der Waals surface area contributed by atoms with E-state index >= 15 is 0 Å². The van der Waals surface area contributed by atoms with Crippen molar-refractivity contribution in [3.63, 3.8) is 0 Å². The maximum Gasteiger partial charge on any atom is 0.259 e. The van der Waals surface area contributed by atoms with Gasteiger partial charge >= 0.3 is 0 Å². The molecule has 0 aliphatic rings. The molecule has 0 saturated heterocycles. The summed E-state index contributed by atoms with van der Waals surface area (Å²) in [5.41, 5.74) is 2.62. The van der Waals surface area contributed by atoms with Gasteiger partial charge in [0, 0.05) is 18.5 Å². The van der Waals surface area contributed by atoms with Gasteiger partial charge in [-0.15, -0.1) is 0 Å². The van der Waals surface area contributed by atoms with Crippen LogP contribution in [-0.2, 0) is 9.59 Å². The summed E-state index contributed by atoms with van der Waals surface area (Å²) in [6.45, 7) is 3.36. The van der Waals surface area contributed by atoms with E-state index in [9.17, 15) is 14.4 Å². The highest BCUT2D eigenvalue weighted by molar-refractivity contribution is 6.06. The minimum absolute atomic E-state index is 0.00512. The van der Waals surface area contributed by atoms with Gasteiger partial charge in [0.05, 0.1) is 0 Å². The molecule has 2 aromatic carbocycles. The minimum atomic E-state index is -1.51. The summed E-state index contributed by atoms with van der Waals surface area (Å²) in [7, 11) is 1.42. The summed E-state index contributed by atoms with van der Waals surface area (Å²) in [5.74, 6) is -2.08. The molecule has 2 aromatic rings. The Morgan fingerprint density at radius 3 is 2.04 bits per heavy atom. The van der Waals surface area contributed by atoms with Crippen LogP contribution in [0.5, 0.6) is 0 Å². The molecule has 2 amide bonds. The second kappa shape index (κ2) is 9.28. The maximum atomic E-state index is 12.9. The van der Waals surface area contributed by atoms with Gasteiger partial charge < -0.3 is 5.32 Å². The smallest absolute Gasteiger partial charge is 0.259 e. The van der Waals surface area contributed by atoms with Gasteiger partial charge in [-0.25, -0.2) is 5.48 Å². The molecule has 0 bridgehead atoms. The molecule has 0 spiro atoms. The number of ketones is 1. The van der Waals surface area contributed by atoms with Gasteiger partial charge in [0.2, 0.25) is 5.91 Å². The number of Topliss-reactive ketones (excluding diaryl/α,β-unsaturated/α-hetero) is 1. The van der Waals surface area contributed by atoms with Gasteiger partial charge in [-0.3, -0.25) is 19.6 Å². The molecule has 0 heterocycles. The molecule has 0 aliphatic carbocycles. The molecule has 0 aromatic heterocycles. The first-order chi connectivity index (χ1) is 13.4. The van der Waals surface area contributed by atoms with Gasteiger partial charge in [-0.1, -0.05) is 68.4 Å². The van der Waals surface area contributed by atoms with E-state index in [1.807, 2.05) is 42.5 Å². The van der Waals surface area contributed by atoms with E-state index in [1.54, 1.807) is 31.5 Å². The fourth-order valence-electron chi connectivity index (χ4n) is 3.46. The van der Waals surface area contributed by atoms with Crippen LogP contribution in [0.2, 0.25) is 0 Å². The van der Waals surface area contributed by atoms with Crippen LogP contribution in [0.3, 0.4) is 0 Å². The quantitative estimate of drug-likeness (QED) is 0.283. The highest BCUT2D eigenvalue weighted by atomic mass is 16.5. The Labute approximate surface area is 164 Å². The Hall–Kier alpha value is -2.99. The third kappa shape index (κ3) is 4.28. The number of amides is 2. The van der Waals surface area contributed by atoms with Gasteiger partial charge in [0.15, 0.2) is 5.78 Å². The largest absolute Gasteiger partial charge is 0.358 e. The van der Waals surface area contributed by atoms with E-state index in [4.69, 9.17) is 5.21 Å². The molecule has 2 rings (SSSR count). The first-order valence-electron chi connectivity index (χ1n) is 9.26. The molecule has 3 N–H and O–H groups in total. The van der Waals surface area contributed by atoms with E-state index in [1.165, 1.54) is 7.05 Å². The van der Waals surface area contributed by atoms with E-state index in [0.29, 0.717) is 5.56 Å². The lowest BCUT2D eigenvalue weighted by Gasteiger charge is -2.30. The van der Waals surface area contributed by atoms with Crippen molar-refractivity contribution in [1.29, 1.82) is 0 Å². The van der Waals surface area contributed by atoms with E-state index in [0.717, 1.165) is 11.1 Å². The lowest BCUT2D eigenvalue weighted by molar-refractivity contribution is -0.150. The molecule has 28 heavy (non-hydrogen) atoms. The highest BCUT2D eigenvalue weighted by Crippen LogP contribution is 2.33. The zero-order valence-corrected chi connectivity index (χ0v) is 16.4. The molecule has 0 fully saturated rings. The number of carbonyl (C=O) groups is 3. The van der Waals surface area contributed by atoms with Crippen LogP contribution in [0.1, 0.15) is 37.0 Å². The predicted molar refractivity (Wildman–Crippen MR) is 107 cm³/mol. The molecule has 0 saturated carbocycles. The fraction of sp³-hybridized carbons (Fsp3) is 0.318. The fourth-order valence-corrected chi connectivity index (χ4v) is 3.46. The number of hydroxylamine groups is 1. The third-order valence-corrected chi connectivity index (χ3v) is 5.18. The Bertz CT molecular complexity index is 815. The summed E-state index contributed by atoms with van der Waals surface area (Å²) in [6.07, 6.45) is 0.151. The average molecular weight is 382 g/mol. The van der Waals surface area contributed by atoms with Gasteiger partial charge in [-0.05, 0) is 24.0 Å². The van der Waals surface area contributed by atoms with E-state index in [-0.39, 0.29) is 18.6 Å². The minimum Gasteiger partial charge on any atom is -0.358 e. The van der Waals surface area contributed by atoms with Crippen molar-refractivity contribution in [2.45, 2.75) is 26.7 Å². The monoisotopic (exact) mass is 382 g/mol. The van der Waals surface area contributed by atoms with Gasteiger partial charge in [0.25, 0.3) is 5.91 Å². The second-order valence-electron chi connectivity index (χ2n) is 6.87. The molecular weight excluding hydrogens is 356 g/mol. The molecule has 0 aliphatic heterocycles. The van der Waals surface area contributed by atoms with Crippen LogP contribution in [0, 0.1) is 11.3 Å². The number of hydrogen-bond acceptors (Lipinski definition) is 4. The van der Waals surface area contributed by atoms with Crippen molar-refractivity contribution in [3.8, 4) is 11.1 Å². The number of rotatable bonds is 8. The van der Waals surface area contributed by atoms with Crippen molar-refractivity contribution in [3.05, 3.63) is 60.2 Å². The van der Waals surface area contributed by atoms with Crippen molar-refractivity contribution in [2.75, 3.05) is 7.05 Å². The van der Waals surface area contributed by atoms with Crippen LogP contribution in [0.25, 0.3) is 11.1 Å². The number of hydrogen-bond donors (Lipinski definition) is 3. The van der Waals surface area contributed by atoms with Crippen molar-refractivity contribution in [2.24, 2.45) is 11.3 Å². The highest BCUT2D eigenvalue weighted by Gasteiger charge is 2.45. The number of nitrogens with one attached hydrogen (secondary N) is 2. The molecular formula is C22H26N2O4. The van der Waals surface area contributed by atoms with Gasteiger partial charge in [0.1, 0.15) is 5.41 Å². The Kier molecular flexibility index (Phi) is 7.06. The van der Waals surface area contributed by atoms with Crippen molar-refractivity contribution < 1.29 is 19.6 Å². The average Bonchev–Trinajstić information content (AvgIpc) is 2.76.